The summed E-state index contributed by atoms with van der Waals surface area (Å²) in [6.07, 6.45) is 3.15. The molecule has 0 unspecified atom stereocenters. The fraction of sp³-hybridized carbons (Fsp3) is 0.455. The van der Waals surface area contributed by atoms with E-state index in [0.717, 1.165) is 24.8 Å². The van der Waals surface area contributed by atoms with Crippen molar-refractivity contribution in [2.45, 2.75) is 29.7 Å². The molecule has 4 nitrogen and oxygen atoms in total. The number of phenolic OH excluding ortho intramolecular Hbond substituents is 1. The van der Waals surface area contributed by atoms with Crippen molar-refractivity contribution in [3.63, 3.8) is 0 Å². The van der Waals surface area contributed by atoms with Gasteiger partial charge in [-0.15, -0.1) is 0 Å². The first-order chi connectivity index (χ1) is 7.74. The molecule has 1 aliphatic rings. The van der Waals surface area contributed by atoms with Crippen molar-refractivity contribution >= 4 is 9.84 Å². The van der Waals surface area contributed by atoms with Crippen molar-refractivity contribution < 1.29 is 17.9 Å². The molecule has 0 bridgehead atoms. The Morgan fingerprint density at radius 1 is 1.41 bits per heavy atom. The molecule has 1 aliphatic carbocycles. The van der Waals surface area contributed by atoms with E-state index in [1.54, 1.807) is 0 Å². The van der Waals surface area contributed by atoms with Gasteiger partial charge >= 0.3 is 0 Å². The first-order valence-corrected chi connectivity index (χ1v) is 7.15. The number of aromatic hydroxyl groups is 1. The van der Waals surface area contributed by atoms with Crippen LogP contribution in [-0.4, -0.2) is 19.8 Å². The molecule has 3 N–H and O–H groups in total. The lowest BCUT2D eigenvalue weighted by Gasteiger charge is -2.39. The largest absolute Gasteiger partial charge is 0.508 e. The molecule has 94 valence electrons. The standard InChI is InChI=1S/C11H14FNO3S/c1-17(15,16)10-6-9(14)7(5-8(10)12)11(13)3-2-4-11/h5-6,14H,2-4,13H2,1H3. The van der Waals surface area contributed by atoms with Gasteiger partial charge in [0.25, 0.3) is 0 Å². The van der Waals surface area contributed by atoms with Crippen LogP contribution in [-0.2, 0) is 15.4 Å². The molecule has 1 aromatic carbocycles. The van der Waals surface area contributed by atoms with Gasteiger partial charge < -0.3 is 10.8 Å². The summed E-state index contributed by atoms with van der Waals surface area (Å²) < 4.78 is 36.2. The van der Waals surface area contributed by atoms with Crippen LogP contribution in [0, 0.1) is 5.82 Å². The van der Waals surface area contributed by atoms with Crippen LogP contribution >= 0.6 is 0 Å². The molecule has 2 rings (SSSR count). The van der Waals surface area contributed by atoms with Gasteiger partial charge in [0.1, 0.15) is 16.5 Å². The van der Waals surface area contributed by atoms with Crippen molar-refractivity contribution in [2.75, 3.05) is 6.26 Å². The molecular formula is C11H14FNO3S. The van der Waals surface area contributed by atoms with Crippen LogP contribution in [0.2, 0.25) is 0 Å². The van der Waals surface area contributed by atoms with E-state index in [2.05, 4.69) is 0 Å². The molecule has 0 saturated heterocycles. The number of rotatable bonds is 2. The van der Waals surface area contributed by atoms with E-state index >= 15 is 0 Å². The summed E-state index contributed by atoms with van der Waals surface area (Å²) in [7, 11) is -3.68. The molecule has 0 radical (unpaired) electrons. The van der Waals surface area contributed by atoms with E-state index in [-0.39, 0.29) is 11.3 Å². The van der Waals surface area contributed by atoms with Gasteiger partial charge in [-0.2, -0.15) is 0 Å². The van der Waals surface area contributed by atoms with E-state index in [1.165, 1.54) is 0 Å². The summed E-state index contributed by atoms with van der Waals surface area (Å²) in [6.45, 7) is 0. The Balaban J connectivity index is 2.57. The maximum absolute atomic E-state index is 13.7. The average Bonchev–Trinajstić information content (AvgIpc) is 2.16. The number of phenols is 1. The van der Waals surface area contributed by atoms with Crippen molar-refractivity contribution in [3.05, 3.63) is 23.5 Å². The second kappa shape index (κ2) is 3.68. The van der Waals surface area contributed by atoms with Crippen LogP contribution in [0.15, 0.2) is 17.0 Å². The topological polar surface area (TPSA) is 80.4 Å². The van der Waals surface area contributed by atoms with Crippen molar-refractivity contribution in [1.29, 1.82) is 0 Å². The molecule has 0 amide bonds. The Hall–Kier alpha value is -1.14. The highest BCUT2D eigenvalue weighted by Crippen LogP contribution is 2.43. The van der Waals surface area contributed by atoms with Gasteiger partial charge in [-0.1, -0.05) is 0 Å². The lowest BCUT2D eigenvalue weighted by atomic mass is 9.72. The summed E-state index contributed by atoms with van der Waals surface area (Å²) in [6, 6.07) is 1.97. The number of sulfone groups is 1. The highest BCUT2D eigenvalue weighted by Gasteiger charge is 2.37. The Morgan fingerprint density at radius 2 is 2.00 bits per heavy atom. The summed E-state index contributed by atoms with van der Waals surface area (Å²) in [5.74, 6) is -1.12. The van der Waals surface area contributed by atoms with Gasteiger partial charge in [-0.05, 0) is 25.3 Å². The van der Waals surface area contributed by atoms with Gasteiger partial charge in [0, 0.05) is 23.4 Å². The van der Waals surface area contributed by atoms with Crippen LogP contribution in [0.1, 0.15) is 24.8 Å². The third-order valence-corrected chi connectivity index (χ3v) is 4.34. The molecule has 0 atom stereocenters. The van der Waals surface area contributed by atoms with Crippen LogP contribution in [0.4, 0.5) is 4.39 Å². The zero-order chi connectivity index (χ0) is 12.8. The van der Waals surface area contributed by atoms with E-state index in [4.69, 9.17) is 5.73 Å². The second-order valence-corrected chi connectivity index (χ2v) is 6.57. The zero-order valence-corrected chi connectivity index (χ0v) is 10.2. The molecule has 0 spiro atoms. The number of hydrogen-bond donors (Lipinski definition) is 2. The van der Waals surface area contributed by atoms with Crippen LogP contribution in [0.3, 0.4) is 0 Å². The Kier molecular flexibility index (Phi) is 2.67. The van der Waals surface area contributed by atoms with E-state index in [1.807, 2.05) is 0 Å². The van der Waals surface area contributed by atoms with Crippen LogP contribution in [0.5, 0.6) is 5.75 Å². The Morgan fingerprint density at radius 3 is 2.41 bits per heavy atom. The predicted octanol–water partition coefficient (Wildman–Crippen LogP) is 1.27. The summed E-state index contributed by atoms with van der Waals surface area (Å²) in [5, 5.41) is 9.77. The lowest BCUT2D eigenvalue weighted by Crippen LogP contribution is -2.43. The smallest absolute Gasteiger partial charge is 0.178 e. The molecule has 6 heteroatoms. The maximum Gasteiger partial charge on any atom is 0.178 e. The minimum absolute atomic E-state index is 0.256. The first-order valence-electron chi connectivity index (χ1n) is 5.26. The molecule has 0 aliphatic heterocycles. The quantitative estimate of drug-likeness (QED) is 0.838. The minimum atomic E-state index is -3.68. The van der Waals surface area contributed by atoms with Gasteiger partial charge in [0.15, 0.2) is 9.84 Å². The fourth-order valence-corrected chi connectivity index (χ4v) is 2.79. The summed E-state index contributed by atoms with van der Waals surface area (Å²) >= 11 is 0. The maximum atomic E-state index is 13.7. The number of halogens is 1. The lowest BCUT2D eigenvalue weighted by molar-refractivity contribution is 0.244. The predicted molar refractivity (Wildman–Crippen MR) is 60.9 cm³/mol. The molecular weight excluding hydrogens is 245 g/mol. The highest BCUT2D eigenvalue weighted by molar-refractivity contribution is 7.90. The second-order valence-electron chi connectivity index (χ2n) is 4.58. The monoisotopic (exact) mass is 259 g/mol. The van der Waals surface area contributed by atoms with Crippen LogP contribution in [0.25, 0.3) is 0 Å². The third kappa shape index (κ3) is 2.02. The normalized spacial score (nSPS) is 18.8. The molecule has 17 heavy (non-hydrogen) atoms. The molecule has 1 saturated carbocycles. The first kappa shape index (κ1) is 12.3. The van der Waals surface area contributed by atoms with E-state index in [9.17, 15) is 17.9 Å². The summed E-state index contributed by atoms with van der Waals surface area (Å²) in [4.78, 5) is -0.498. The Bertz CT molecular complexity index is 564. The van der Waals surface area contributed by atoms with Gasteiger partial charge in [0.2, 0.25) is 0 Å². The average molecular weight is 259 g/mol. The zero-order valence-electron chi connectivity index (χ0n) is 9.40. The van der Waals surface area contributed by atoms with E-state index in [0.29, 0.717) is 12.8 Å². The van der Waals surface area contributed by atoms with Gasteiger partial charge in [0.05, 0.1) is 0 Å². The van der Waals surface area contributed by atoms with Crippen molar-refractivity contribution in [1.82, 2.24) is 0 Å². The fourth-order valence-electron chi connectivity index (χ4n) is 2.05. The van der Waals surface area contributed by atoms with Gasteiger partial charge in [-0.3, -0.25) is 0 Å². The minimum Gasteiger partial charge on any atom is -0.508 e. The third-order valence-electron chi connectivity index (χ3n) is 3.23. The molecule has 0 aromatic heterocycles. The highest BCUT2D eigenvalue weighted by atomic mass is 32.2. The Labute approximate surface area is 99.2 Å². The number of hydrogen-bond acceptors (Lipinski definition) is 4. The van der Waals surface area contributed by atoms with Crippen molar-refractivity contribution in [2.24, 2.45) is 5.73 Å². The van der Waals surface area contributed by atoms with E-state index < -0.39 is 26.1 Å². The SMILES string of the molecule is CS(=O)(=O)c1cc(O)c(C2(N)CCC2)cc1F. The van der Waals surface area contributed by atoms with Gasteiger partial charge in [-0.25, -0.2) is 12.8 Å². The number of benzene rings is 1. The molecule has 1 aromatic rings. The van der Waals surface area contributed by atoms with Crippen molar-refractivity contribution in [3.8, 4) is 5.75 Å². The van der Waals surface area contributed by atoms with Crippen LogP contribution < -0.4 is 5.73 Å². The summed E-state index contributed by atoms with van der Waals surface area (Å²) in [5.41, 5.74) is 5.54. The molecule has 1 fully saturated rings. The molecule has 0 heterocycles. The number of nitrogens with two attached hydrogens (primary N) is 1.